The fourth-order valence-electron chi connectivity index (χ4n) is 3.22. The van der Waals surface area contributed by atoms with Gasteiger partial charge in [-0.25, -0.2) is 8.78 Å². The Kier molecular flexibility index (Phi) is 10.3. The number of carbonyl (C=O) groups excluding carboxylic acids is 3. The van der Waals surface area contributed by atoms with Crippen molar-refractivity contribution in [3.05, 3.63) is 71.3 Å². The van der Waals surface area contributed by atoms with Gasteiger partial charge in [-0.2, -0.15) is 0 Å². The van der Waals surface area contributed by atoms with Crippen LogP contribution in [0.4, 0.5) is 8.78 Å². The van der Waals surface area contributed by atoms with Crippen LogP contribution in [-0.4, -0.2) is 35.4 Å². The third-order valence-electron chi connectivity index (χ3n) is 4.87. The molecule has 0 fully saturated rings. The molecule has 0 bridgehead atoms. The Hall–Kier alpha value is -2.93. The largest absolute Gasteiger partial charge is 0.469 e. The average molecular weight is 449 g/mol. The highest BCUT2D eigenvalue weighted by Crippen LogP contribution is 2.31. The lowest BCUT2D eigenvalue weighted by atomic mass is 9.81. The van der Waals surface area contributed by atoms with Gasteiger partial charge in [0.2, 0.25) is 0 Å². The third kappa shape index (κ3) is 9.06. The maximum atomic E-state index is 12.8. The van der Waals surface area contributed by atoms with Gasteiger partial charge in [0, 0.05) is 18.8 Å². The van der Waals surface area contributed by atoms with Crippen molar-refractivity contribution >= 4 is 17.5 Å². The first-order valence-corrected chi connectivity index (χ1v) is 10.1. The van der Waals surface area contributed by atoms with Crippen molar-refractivity contribution in [1.82, 2.24) is 0 Å². The van der Waals surface area contributed by atoms with Gasteiger partial charge in [-0.1, -0.05) is 24.3 Å². The first kappa shape index (κ1) is 27.1. The molecule has 0 aliphatic heterocycles. The molecule has 32 heavy (non-hydrogen) atoms. The molecule has 5 nitrogen and oxygen atoms in total. The molecule has 0 saturated carbocycles. The number of benzene rings is 2. The van der Waals surface area contributed by atoms with Crippen molar-refractivity contribution in [2.24, 2.45) is 0 Å². The zero-order chi connectivity index (χ0) is 24.5. The van der Waals surface area contributed by atoms with Crippen molar-refractivity contribution in [3.63, 3.8) is 0 Å². The lowest BCUT2D eigenvalue weighted by Crippen LogP contribution is -2.30. The summed E-state index contributed by atoms with van der Waals surface area (Å²) in [6.07, 6.45) is 0.327. The number of Topliss-reactive ketones (excluding diaryl/α,β-unsaturated/α-hetero) is 2. The molecular formula is C25H30F2O5. The van der Waals surface area contributed by atoms with Crippen LogP contribution in [0.5, 0.6) is 0 Å². The lowest BCUT2D eigenvalue weighted by molar-refractivity contribution is -0.143. The summed E-state index contributed by atoms with van der Waals surface area (Å²) in [5.74, 6) is -2.23. The molecule has 0 heterocycles. The quantitative estimate of drug-likeness (QED) is 0.591. The summed E-state index contributed by atoms with van der Waals surface area (Å²) in [6, 6.07) is 11.4. The first-order valence-electron chi connectivity index (χ1n) is 10.1. The number of hydrogen-bond acceptors (Lipinski definition) is 5. The Morgan fingerprint density at radius 1 is 0.844 bits per heavy atom. The standard InChI is InChI=1S/C13H17FO2.C12H13FO3/c1-9(15)8-12(13(2,3)16)10-4-6-11(14)7-5-10;1-8(14)7-11(12(15)16-2)9-3-5-10(13)6-4-9/h4-7,12,16H,8H2,1-3H3;3-6,11H,7H2,1-2H3/t12-;11-/m11/s1. The van der Waals surface area contributed by atoms with Crippen molar-refractivity contribution < 1.29 is 33.0 Å². The summed E-state index contributed by atoms with van der Waals surface area (Å²) in [7, 11) is 1.26. The summed E-state index contributed by atoms with van der Waals surface area (Å²) in [5.41, 5.74) is 0.372. The Morgan fingerprint density at radius 3 is 1.59 bits per heavy atom. The molecule has 7 heteroatoms. The number of ketones is 2. The fraction of sp³-hybridized carbons (Fsp3) is 0.400. The summed E-state index contributed by atoms with van der Waals surface area (Å²) in [4.78, 5) is 33.7. The molecule has 0 radical (unpaired) electrons. The molecule has 2 aromatic rings. The van der Waals surface area contributed by atoms with E-state index in [9.17, 15) is 28.3 Å². The van der Waals surface area contributed by atoms with Gasteiger partial charge in [-0.15, -0.1) is 0 Å². The molecule has 174 valence electrons. The Labute approximate surface area is 187 Å². The van der Waals surface area contributed by atoms with Gasteiger partial charge in [0.15, 0.2) is 0 Å². The molecular weight excluding hydrogens is 418 g/mol. The van der Waals surface area contributed by atoms with Crippen LogP contribution >= 0.6 is 0 Å². The molecule has 0 spiro atoms. The fourth-order valence-corrected chi connectivity index (χ4v) is 3.22. The van der Waals surface area contributed by atoms with Crippen LogP contribution in [0.2, 0.25) is 0 Å². The normalized spacial score (nSPS) is 12.8. The molecule has 1 N–H and O–H groups in total. The smallest absolute Gasteiger partial charge is 0.313 e. The van der Waals surface area contributed by atoms with Crippen molar-refractivity contribution in [3.8, 4) is 0 Å². The predicted octanol–water partition coefficient (Wildman–Crippen LogP) is 4.72. The average Bonchev–Trinajstić information content (AvgIpc) is 2.71. The molecule has 0 aliphatic rings. The minimum Gasteiger partial charge on any atom is -0.469 e. The number of methoxy groups -OCH3 is 1. The minimum atomic E-state index is -0.997. The number of carbonyl (C=O) groups is 3. The number of hydrogen-bond donors (Lipinski definition) is 1. The van der Waals surface area contributed by atoms with E-state index in [1.807, 2.05) is 0 Å². The van der Waals surface area contributed by atoms with E-state index in [1.165, 1.54) is 57.4 Å². The predicted molar refractivity (Wildman–Crippen MR) is 117 cm³/mol. The number of rotatable bonds is 8. The van der Waals surface area contributed by atoms with E-state index < -0.39 is 17.5 Å². The van der Waals surface area contributed by atoms with Gasteiger partial charge in [0.1, 0.15) is 23.2 Å². The highest BCUT2D eigenvalue weighted by atomic mass is 19.1. The molecule has 0 unspecified atom stereocenters. The van der Waals surface area contributed by atoms with E-state index in [-0.39, 0.29) is 42.0 Å². The molecule has 0 aliphatic carbocycles. The van der Waals surface area contributed by atoms with Gasteiger partial charge >= 0.3 is 5.97 Å². The number of esters is 1. The Morgan fingerprint density at radius 2 is 1.25 bits per heavy atom. The number of ether oxygens (including phenoxy) is 1. The monoisotopic (exact) mass is 448 g/mol. The molecule has 2 aromatic carbocycles. The molecule has 2 rings (SSSR count). The second-order valence-electron chi connectivity index (χ2n) is 8.20. The summed E-state index contributed by atoms with van der Waals surface area (Å²) >= 11 is 0. The maximum absolute atomic E-state index is 12.8. The third-order valence-corrected chi connectivity index (χ3v) is 4.87. The van der Waals surface area contributed by atoms with Crippen LogP contribution in [0.25, 0.3) is 0 Å². The topological polar surface area (TPSA) is 80.7 Å². The van der Waals surface area contributed by atoms with E-state index in [0.29, 0.717) is 5.56 Å². The zero-order valence-electron chi connectivity index (χ0n) is 19.0. The summed E-state index contributed by atoms with van der Waals surface area (Å²) < 4.78 is 30.1. The first-order chi connectivity index (χ1) is 14.8. The molecule has 0 saturated heterocycles. The molecule has 2 atom stereocenters. The minimum absolute atomic E-state index is 0.0106. The van der Waals surface area contributed by atoms with Gasteiger partial charge in [0.25, 0.3) is 0 Å². The highest BCUT2D eigenvalue weighted by molar-refractivity contribution is 5.86. The van der Waals surface area contributed by atoms with Crippen molar-refractivity contribution in [2.75, 3.05) is 7.11 Å². The van der Waals surface area contributed by atoms with Crippen LogP contribution in [0.15, 0.2) is 48.5 Å². The van der Waals surface area contributed by atoms with E-state index in [2.05, 4.69) is 4.74 Å². The Bertz CT molecular complexity index is 899. The summed E-state index contributed by atoms with van der Waals surface area (Å²) in [5, 5.41) is 10.0. The van der Waals surface area contributed by atoms with Crippen molar-refractivity contribution in [1.29, 1.82) is 0 Å². The van der Waals surface area contributed by atoms with Crippen LogP contribution in [0, 0.1) is 11.6 Å². The van der Waals surface area contributed by atoms with Crippen LogP contribution in [-0.2, 0) is 19.1 Å². The van der Waals surface area contributed by atoms with Crippen LogP contribution in [0.3, 0.4) is 0 Å². The summed E-state index contributed by atoms with van der Waals surface area (Å²) in [6.45, 7) is 6.20. The van der Waals surface area contributed by atoms with Crippen molar-refractivity contribution in [2.45, 2.75) is 58.0 Å². The second-order valence-corrected chi connectivity index (χ2v) is 8.20. The van der Waals surface area contributed by atoms with Crippen LogP contribution in [0.1, 0.15) is 63.5 Å². The SMILES string of the molecule is CC(=O)C[C@H](c1ccc(F)cc1)C(C)(C)O.COC(=O)[C@H](CC(C)=O)c1ccc(F)cc1. The van der Waals surface area contributed by atoms with E-state index in [4.69, 9.17) is 0 Å². The molecule has 0 aromatic heterocycles. The van der Waals surface area contributed by atoms with Gasteiger partial charge in [0.05, 0.1) is 18.6 Å². The van der Waals surface area contributed by atoms with Crippen LogP contribution < -0.4 is 0 Å². The zero-order valence-corrected chi connectivity index (χ0v) is 19.0. The van der Waals surface area contributed by atoms with Gasteiger partial charge in [-0.3, -0.25) is 9.59 Å². The number of halogens is 2. The Balaban J connectivity index is 0.000000320. The van der Waals surface area contributed by atoms with Gasteiger partial charge < -0.3 is 14.6 Å². The lowest BCUT2D eigenvalue weighted by Gasteiger charge is -2.29. The van der Waals surface area contributed by atoms with E-state index in [0.717, 1.165) is 5.56 Å². The van der Waals surface area contributed by atoms with E-state index in [1.54, 1.807) is 26.0 Å². The second kappa shape index (κ2) is 12.2. The number of aliphatic hydroxyl groups is 1. The highest BCUT2D eigenvalue weighted by Gasteiger charge is 2.29. The van der Waals surface area contributed by atoms with Gasteiger partial charge in [-0.05, 0) is 63.1 Å². The molecule has 0 amide bonds. The van der Waals surface area contributed by atoms with E-state index >= 15 is 0 Å². The maximum Gasteiger partial charge on any atom is 0.313 e.